The molecule has 0 aliphatic carbocycles. The van der Waals surface area contributed by atoms with E-state index in [2.05, 4.69) is 10.2 Å². The number of carbonyl (C=O) groups is 2. The number of likely N-dealkylation sites (tertiary alicyclic amines) is 1. The van der Waals surface area contributed by atoms with Crippen molar-refractivity contribution in [2.45, 2.75) is 19.8 Å². The molecule has 138 valence electrons. The van der Waals surface area contributed by atoms with E-state index in [9.17, 15) is 9.59 Å². The van der Waals surface area contributed by atoms with Crippen LogP contribution in [0.15, 0.2) is 16.7 Å². The zero-order valence-corrected chi connectivity index (χ0v) is 14.8. The van der Waals surface area contributed by atoms with E-state index in [4.69, 9.17) is 9.15 Å². The zero-order valence-electron chi connectivity index (χ0n) is 14.8. The van der Waals surface area contributed by atoms with Crippen LogP contribution in [0.3, 0.4) is 0 Å². The van der Waals surface area contributed by atoms with Gasteiger partial charge in [0.15, 0.2) is 0 Å². The van der Waals surface area contributed by atoms with Crippen molar-refractivity contribution >= 4 is 11.8 Å². The maximum atomic E-state index is 12.6. The third kappa shape index (κ3) is 4.61. The van der Waals surface area contributed by atoms with Gasteiger partial charge in [0.05, 0.1) is 31.0 Å². The number of ether oxygens (including phenoxy) is 1. The van der Waals surface area contributed by atoms with Crippen LogP contribution in [0.2, 0.25) is 0 Å². The highest BCUT2D eigenvalue weighted by atomic mass is 16.5. The predicted molar refractivity (Wildman–Crippen MR) is 92.3 cm³/mol. The first-order valence-corrected chi connectivity index (χ1v) is 9.06. The van der Waals surface area contributed by atoms with Crippen molar-refractivity contribution in [3.8, 4) is 0 Å². The smallest absolute Gasteiger partial charge is 0.257 e. The van der Waals surface area contributed by atoms with E-state index in [1.165, 1.54) is 6.26 Å². The van der Waals surface area contributed by atoms with Crippen LogP contribution < -0.4 is 5.32 Å². The van der Waals surface area contributed by atoms with Crippen molar-refractivity contribution in [1.29, 1.82) is 0 Å². The summed E-state index contributed by atoms with van der Waals surface area (Å²) >= 11 is 0. The first-order chi connectivity index (χ1) is 12.1. The number of hydrogen-bond donors (Lipinski definition) is 1. The quantitative estimate of drug-likeness (QED) is 0.854. The first-order valence-electron chi connectivity index (χ1n) is 9.06. The highest BCUT2D eigenvalue weighted by Crippen LogP contribution is 2.20. The number of piperidine rings is 1. The maximum absolute atomic E-state index is 12.6. The molecule has 0 spiro atoms. The molecule has 0 bridgehead atoms. The Morgan fingerprint density at radius 3 is 2.80 bits per heavy atom. The Hall–Kier alpha value is -1.86. The van der Waals surface area contributed by atoms with Gasteiger partial charge in [-0.2, -0.15) is 0 Å². The number of carbonyl (C=O) groups excluding carboxylic acids is 2. The molecule has 0 saturated carbocycles. The second-order valence-electron chi connectivity index (χ2n) is 6.73. The van der Waals surface area contributed by atoms with Crippen molar-refractivity contribution < 1.29 is 18.7 Å². The van der Waals surface area contributed by atoms with Gasteiger partial charge in [0.25, 0.3) is 5.91 Å². The number of furan rings is 1. The number of rotatable bonds is 5. The van der Waals surface area contributed by atoms with Crippen LogP contribution in [-0.2, 0) is 9.53 Å². The minimum atomic E-state index is -0.130. The predicted octanol–water partition coefficient (Wildman–Crippen LogP) is 0.889. The van der Waals surface area contributed by atoms with E-state index in [1.807, 2.05) is 0 Å². The molecule has 1 aromatic rings. The average Bonchev–Trinajstić information content (AvgIpc) is 3.08. The van der Waals surface area contributed by atoms with Gasteiger partial charge in [-0.1, -0.05) is 0 Å². The average molecular weight is 349 g/mol. The summed E-state index contributed by atoms with van der Waals surface area (Å²) in [6.45, 7) is 7.82. The minimum absolute atomic E-state index is 0.0444. The molecule has 7 nitrogen and oxygen atoms in total. The van der Waals surface area contributed by atoms with Gasteiger partial charge < -0.3 is 19.4 Å². The Morgan fingerprint density at radius 2 is 2.08 bits per heavy atom. The lowest BCUT2D eigenvalue weighted by atomic mass is 9.96. The SMILES string of the molecule is Cc1occc1C(=O)N1CCCC(C(=O)NCCN2CCOCC2)C1. The molecule has 2 saturated heterocycles. The second-order valence-corrected chi connectivity index (χ2v) is 6.73. The molecule has 3 rings (SSSR count). The lowest BCUT2D eigenvalue weighted by Gasteiger charge is -2.32. The van der Waals surface area contributed by atoms with Gasteiger partial charge in [-0.05, 0) is 25.8 Å². The Balaban J connectivity index is 1.46. The number of morpholine rings is 1. The van der Waals surface area contributed by atoms with Crippen molar-refractivity contribution in [3.05, 3.63) is 23.7 Å². The monoisotopic (exact) mass is 349 g/mol. The molecule has 1 N–H and O–H groups in total. The molecule has 25 heavy (non-hydrogen) atoms. The highest BCUT2D eigenvalue weighted by molar-refractivity contribution is 5.95. The summed E-state index contributed by atoms with van der Waals surface area (Å²) in [5.74, 6) is 0.503. The van der Waals surface area contributed by atoms with Crippen LogP contribution in [0.4, 0.5) is 0 Å². The van der Waals surface area contributed by atoms with Gasteiger partial charge in [-0.25, -0.2) is 0 Å². The molecule has 3 heterocycles. The third-order valence-electron chi connectivity index (χ3n) is 5.00. The summed E-state index contributed by atoms with van der Waals surface area (Å²) in [5.41, 5.74) is 0.591. The number of nitrogens with one attached hydrogen (secondary N) is 1. The van der Waals surface area contributed by atoms with Crippen LogP contribution in [0.5, 0.6) is 0 Å². The third-order valence-corrected chi connectivity index (χ3v) is 5.00. The molecule has 1 aromatic heterocycles. The largest absolute Gasteiger partial charge is 0.469 e. The molecular formula is C18H27N3O4. The second kappa shape index (κ2) is 8.49. The van der Waals surface area contributed by atoms with E-state index in [1.54, 1.807) is 17.9 Å². The van der Waals surface area contributed by atoms with Gasteiger partial charge in [-0.3, -0.25) is 14.5 Å². The van der Waals surface area contributed by atoms with Crippen molar-refractivity contribution in [2.75, 3.05) is 52.5 Å². The Labute approximate surface area is 148 Å². The van der Waals surface area contributed by atoms with Crippen molar-refractivity contribution in [2.24, 2.45) is 5.92 Å². The van der Waals surface area contributed by atoms with Gasteiger partial charge in [0.1, 0.15) is 5.76 Å². The first kappa shape index (κ1) is 17.9. The molecule has 2 aliphatic heterocycles. The van der Waals surface area contributed by atoms with Crippen LogP contribution in [0, 0.1) is 12.8 Å². The summed E-state index contributed by atoms with van der Waals surface area (Å²) < 4.78 is 10.5. The fourth-order valence-electron chi connectivity index (χ4n) is 3.46. The molecule has 1 atom stereocenters. The number of hydrogen-bond acceptors (Lipinski definition) is 5. The lowest BCUT2D eigenvalue weighted by molar-refractivity contribution is -0.126. The molecule has 2 amide bonds. The summed E-state index contributed by atoms with van der Waals surface area (Å²) in [5, 5.41) is 3.03. The summed E-state index contributed by atoms with van der Waals surface area (Å²) in [7, 11) is 0. The minimum Gasteiger partial charge on any atom is -0.469 e. The molecule has 7 heteroatoms. The summed E-state index contributed by atoms with van der Waals surface area (Å²) in [6, 6.07) is 1.70. The number of aryl methyl sites for hydroxylation is 1. The van der Waals surface area contributed by atoms with Crippen LogP contribution >= 0.6 is 0 Å². The van der Waals surface area contributed by atoms with Gasteiger partial charge in [0, 0.05) is 39.3 Å². The Bertz CT molecular complexity index is 595. The summed E-state index contributed by atoms with van der Waals surface area (Å²) in [6.07, 6.45) is 3.21. The topological polar surface area (TPSA) is 75.0 Å². The lowest BCUT2D eigenvalue weighted by Crippen LogP contribution is -2.47. The fourth-order valence-corrected chi connectivity index (χ4v) is 3.46. The molecule has 2 aliphatic rings. The normalized spacial score (nSPS) is 22.0. The summed E-state index contributed by atoms with van der Waals surface area (Å²) in [4.78, 5) is 29.1. The van der Waals surface area contributed by atoms with Crippen LogP contribution in [0.25, 0.3) is 0 Å². The molecule has 1 unspecified atom stereocenters. The zero-order chi connectivity index (χ0) is 17.6. The van der Waals surface area contributed by atoms with Crippen molar-refractivity contribution in [3.63, 3.8) is 0 Å². The van der Waals surface area contributed by atoms with Crippen molar-refractivity contribution in [1.82, 2.24) is 15.1 Å². The molecular weight excluding hydrogens is 322 g/mol. The molecule has 2 fully saturated rings. The maximum Gasteiger partial charge on any atom is 0.257 e. The van der Waals surface area contributed by atoms with Crippen LogP contribution in [-0.4, -0.2) is 74.1 Å². The Kier molecular flexibility index (Phi) is 6.09. The number of amides is 2. The standard InChI is InChI=1S/C18H27N3O4/c1-14-16(4-10-25-14)18(23)21-6-2-3-15(13-21)17(22)19-5-7-20-8-11-24-12-9-20/h4,10,15H,2-3,5-9,11-13H2,1H3,(H,19,22). The Morgan fingerprint density at radius 1 is 1.28 bits per heavy atom. The molecule has 0 aromatic carbocycles. The van der Waals surface area contributed by atoms with E-state index >= 15 is 0 Å². The van der Waals surface area contributed by atoms with E-state index < -0.39 is 0 Å². The van der Waals surface area contributed by atoms with Gasteiger partial charge in [-0.15, -0.1) is 0 Å². The van der Waals surface area contributed by atoms with E-state index in [0.29, 0.717) is 31.0 Å². The fraction of sp³-hybridized carbons (Fsp3) is 0.667. The number of nitrogens with zero attached hydrogens (tertiary/aromatic N) is 2. The van der Waals surface area contributed by atoms with Gasteiger partial charge in [0.2, 0.25) is 5.91 Å². The molecule has 0 radical (unpaired) electrons. The van der Waals surface area contributed by atoms with Gasteiger partial charge >= 0.3 is 0 Å². The van der Waals surface area contributed by atoms with Crippen LogP contribution in [0.1, 0.15) is 29.0 Å². The highest BCUT2D eigenvalue weighted by Gasteiger charge is 2.29. The van der Waals surface area contributed by atoms with E-state index in [-0.39, 0.29) is 17.7 Å². The van der Waals surface area contributed by atoms with E-state index in [0.717, 1.165) is 45.7 Å².